The minimum absolute atomic E-state index is 0.699. The van der Waals surface area contributed by atoms with Gasteiger partial charge in [-0.3, -0.25) is 9.58 Å². The summed E-state index contributed by atoms with van der Waals surface area (Å²) in [6, 6.07) is 10.7. The largest absolute Gasteiger partial charge is 0.311 e. The smallest absolute Gasteiger partial charge is 0.0843 e. The maximum absolute atomic E-state index is 4.74. The third-order valence-electron chi connectivity index (χ3n) is 5.30. The van der Waals surface area contributed by atoms with E-state index >= 15 is 0 Å². The van der Waals surface area contributed by atoms with Crippen LogP contribution in [0.25, 0.3) is 10.9 Å². The first-order valence-electron chi connectivity index (χ1n) is 8.07. The normalized spacial score (nSPS) is 28.6. The van der Waals surface area contributed by atoms with Crippen molar-refractivity contribution < 1.29 is 0 Å². The molecule has 1 aromatic carbocycles. The van der Waals surface area contributed by atoms with Crippen molar-refractivity contribution in [2.45, 2.75) is 50.4 Å². The van der Waals surface area contributed by atoms with Crippen LogP contribution >= 0.6 is 0 Å². The Morgan fingerprint density at radius 1 is 1.24 bits per heavy atom. The molecule has 0 saturated carbocycles. The van der Waals surface area contributed by atoms with Crippen LogP contribution < -0.4 is 5.32 Å². The summed E-state index contributed by atoms with van der Waals surface area (Å²) in [5, 5.41) is 9.76. The number of rotatable bonds is 3. The van der Waals surface area contributed by atoms with Gasteiger partial charge in [-0.05, 0) is 38.8 Å². The zero-order chi connectivity index (χ0) is 14.4. The molecule has 0 aliphatic carbocycles. The van der Waals surface area contributed by atoms with Gasteiger partial charge in [-0.15, -0.1) is 0 Å². The molecule has 2 aromatic rings. The summed E-state index contributed by atoms with van der Waals surface area (Å²) >= 11 is 0. The van der Waals surface area contributed by atoms with Gasteiger partial charge in [-0.2, -0.15) is 5.10 Å². The van der Waals surface area contributed by atoms with Crippen LogP contribution in [0.1, 0.15) is 31.4 Å². The third kappa shape index (κ3) is 2.36. The minimum Gasteiger partial charge on any atom is -0.311 e. The summed E-state index contributed by atoms with van der Waals surface area (Å²) in [7, 11) is 4.30. The molecule has 1 N–H and O–H groups in total. The lowest BCUT2D eigenvalue weighted by molar-refractivity contribution is 0.164. The number of aromatic nitrogens is 2. The average molecular weight is 284 g/mol. The van der Waals surface area contributed by atoms with E-state index in [9.17, 15) is 0 Å². The van der Waals surface area contributed by atoms with Crippen LogP contribution in [0.2, 0.25) is 0 Å². The first-order chi connectivity index (χ1) is 10.2. The zero-order valence-corrected chi connectivity index (χ0v) is 12.9. The van der Waals surface area contributed by atoms with Crippen molar-refractivity contribution in [3.05, 3.63) is 30.0 Å². The van der Waals surface area contributed by atoms with Crippen molar-refractivity contribution in [1.82, 2.24) is 20.0 Å². The molecule has 4 heteroatoms. The Balaban J connectivity index is 1.54. The lowest BCUT2D eigenvalue weighted by Crippen LogP contribution is -2.46. The fourth-order valence-corrected chi connectivity index (χ4v) is 4.16. The Morgan fingerprint density at radius 2 is 1.95 bits per heavy atom. The topological polar surface area (TPSA) is 33.1 Å². The molecule has 2 atom stereocenters. The minimum atomic E-state index is 0.699. The van der Waals surface area contributed by atoms with Crippen molar-refractivity contribution in [2.75, 3.05) is 7.05 Å². The van der Waals surface area contributed by atoms with Gasteiger partial charge in [0.05, 0.1) is 11.2 Å². The second kappa shape index (κ2) is 5.11. The first-order valence-corrected chi connectivity index (χ1v) is 8.07. The Morgan fingerprint density at radius 3 is 2.71 bits per heavy atom. The molecule has 4 rings (SSSR count). The van der Waals surface area contributed by atoms with E-state index in [0.29, 0.717) is 6.04 Å². The van der Waals surface area contributed by atoms with Crippen molar-refractivity contribution >= 4 is 10.9 Å². The number of benzene rings is 1. The Labute approximate surface area is 126 Å². The van der Waals surface area contributed by atoms with E-state index in [0.717, 1.165) is 18.6 Å². The molecule has 2 unspecified atom stereocenters. The molecule has 1 aromatic heterocycles. The maximum atomic E-state index is 4.74. The molecular weight excluding hydrogens is 260 g/mol. The van der Waals surface area contributed by atoms with Gasteiger partial charge in [-0.25, -0.2) is 0 Å². The van der Waals surface area contributed by atoms with Crippen LogP contribution in [0.4, 0.5) is 0 Å². The molecular formula is C17H24N4. The quantitative estimate of drug-likeness (QED) is 0.939. The molecule has 2 saturated heterocycles. The fraction of sp³-hybridized carbons (Fsp3) is 0.588. The number of aryl methyl sites for hydroxylation is 1. The highest BCUT2D eigenvalue weighted by Gasteiger charge is 2.35. The van der Waals surface area contributed by atoms with E-state index in [1.807, 2.05) is 11.7 Å². The highest BCUT2D eigenvalue weighted by molar-refractivity contribution is 5.81. The van der Waals surface area contributed by atoms with Crippen LogP contribution in [0.15, 0.2) is 24.3 Å². The standard InChI is InChI=1S/C17H24N4/c1-20(14-9-12-7-8-13(10-14)18-12)11-16-15-5-3-4-6-17(15)21(2)19-16/h3-6,12-14,18H,7-11H2,1-2H3. The fourth-order valence-electron chi connectivity index (χ4n) is 4.16. The Bertz CT molecular complexity index is 635. The monoisotopic (exact) mass is 284 g/mol. The van der Waals surface area contributed by atoms with Crippen molar-refractivity contribution in [3.63, 3.8) is 0 Å². The van der Waals surface area contributed by atoms with Crippen LogP contribution in [-0.2, 0) is 13.6 Å². The maximum Gasteiger partial charge on any atom is 0.0843 e. The van der Waals surface area contributed by atoms with Crippen LogP contribution in [0.3, 0.4) is 0 Å². The molecule has 0 radical (unpaired) electrons. The molecule has 21 heavy (non-hydrogen) atoms. The lowest BCUT2D eigenvalue weighted by atomic mass is 9.98. The summed E-state index contributed by atoms with van der Waals surface area (Å²) < 4.78 is 2.00. The van der Waals surface area contributed by atoms with Crippen molar-refractivity contribution in [3.8, 4) is 0 Å². The van der Waals surface area contributed by atoms with Crippen LogP contribution in [-0.4, -0.2) is 39.9 Å². The van der Waals surface area contributed by atoms with Gasteiger partial charge in [0, 0.05) is 37.1 Å². The molecule has 0 spiro atoms. The van der Waals surface area contributed by atoms with Gasteiger partial charge < -0.3 is 5.32 Å². The average Bonchev–Trinajstić information content (AvgIpc) is 2.99. The number of fused-ring (bicyclic) bond motifs is 3. The third-order valence-corrected chi connectivity index (χ3v) is 5.30. The second-order valence-corrected chi connectivity index (χ2v) is 6.77. The number of hydrogen-bond acceptors (Lipinski definition) is 3. The molecule has 112 valence electrons. The highest BCUT2D eigenvalue weighted by Crippen LogP contribution is 2.30. The highest BCUT2D eigenvalue weighted by atomic mass is 15.3. The number of hydrogen-bond donors (Lipinski definition) is 1. The van der Waals surface area contributed by atoms with Gasteiger partial charge in [-0.1, -0.05) is 18.2 Å². The number of para-hydroxylation sites is 1. The zero-order valence-electron chi connectivity index (χ0n) is 12.9. The van der Waals surface area contributed by atoms with Gasteiger partial charge >= 0.3 is 0 Å². The summed E-state index contributed by atoms with van der Waals surface area (Å²) in [6.45, 7) is 0.950. The number of nitrogens with one attached hydrogen (secondary N) is 1. The van der Waals surface area contributed by atoms with E-state index in [1.165, 1.54) is 42.3 Å². The number of nitrogens with zero attached hydrogens (tertiary/aromatic N) is 3. The van der Waals surface area contributed by atoms with E-state index in [-0.39, 0.29) is 0 Å². The van der Waals surface area contributed by atoms with Crippen LogP contribution in [0.5, 0.6) is 0 Å². The van der Waals surface area contributed by atoms with Gasteiger partial charge in [0.15, 0.2) is 0 Å². The predicted molar refractivity (Wildman–Crippen MR) is 85.1 cm³/mol. The number of piperidine rings is 1. The van der Waals surface area contributed by atoms with E-state index < -0.39 is 0 Å². The Kier molecular flexibility index (Phi) is 3.23. The molecule has 2 fully saturated rings. The summed E-state index contributed by atoms with van der Waals surface area (Å²) in [5.74, 6) is 0. The molecule has 0 amide bonds. The second-order valence-electron chi connectivity index (χ2n) is 6.77. The van der Waals surface area contributed by atoms with E-state index in [2.05, 4.69) is 41.5 Å². The molecule has 3 heterocycles. The lowest BCUT2D eigenvalue weighted by Gasteiger charge is -2.35. The summed E-state index contributed by atoms with van der Waals surface area (Å²) in [5.41, 5.74) is 2.44. The Hall–Kier alpha value is -1.39. The SMILES string of the molecule is CN(Cc1nn(C)c2ccccc12)C1CC2CCC(C1)N2. The van der Waals surface area contributed by atoms with E-state index in [1.54, 1.807) is 0 Å². The van der Waals surface area contributed by atoms with E-state index in [4.69, 9.17) is 5.10 Å². The predicted octanol–water partition coefficient (Wildman–Crippen LogP) is 2.29. The van der Waals surface area contributed by atoms with Crippen molar-refractivity contribution in [1.29, 1.82) is 0 Å². The first kappa shape index (κ1) is 13.3. The summed E-state index contributed by atoms with van der Waals surface area (Å²) in [6.07, 6.45) is 5.30. The molecule has 2 aliphatic rings. The van der Waals surface area contributed by atoms with Gasteiger partial charge in [0.2, 0.25) is 0 Å². The van der Waals surface area contributed by atoms with Gasteiger partial charge in [0.1, 0.15) is 0 Å². The van der Waals surface area contributed by atoms with Gasteiger partial charge in [0.25, 0.3) is 0 Å². The molecule has 2 bridgehead atoms. The van der Waals surface area contributed by atoms with Crippen molar-refractivity contribution in [2.24, 2.45) is 7.05 Å². The van der Waals surface area contributed by atoms with Crippen LogP contribution in [0, 0.1) is 0 Å². The molecule has 4 nitrogen and oxygen atoms in total. The molecule has 2 aliphatic heterocycles. The summed E-state index contributed by atoms with van der Waals surface area (Å²) in [4.78, 5) is 2.51.